The van der Waals surface area contributed by atoms with E-state index in [-0.39, 0.29) is 12.0 Å². The minimum atomic E-state index is -1.08. The van der Waals surface area contributed by atoms with Gasteiger partial charge >= 0.3 is 5.97 Å². The van der Waals surface area contributed by atoms with Crippen LogP contribution in [-0.2, 0) is 11.2 Å². The Balaban J connectivity index is 1.95. The summed E-state index contributed by atoms with van der Waals surface area (Å²) in [6.45, 7) is 0. The van der Waals surface area contributed by atoms with E-state index in [0.717, 1.165) is 17.7 Å². The summed E-state index contributed by atoms with van der Waals surface area (Å²) in [6, 6.07) is 13.1. The van der Waals surface area contributed by atoms with Crippen LogP contribution in [0.15, 0.2) is 54.6 Å². The van der Waals surface area contributed by atoms with Crippen LogP contribution in [0.1, 0.15) is 15.9 Å². The molecule has 3 N–H and O–H groups in total. The SMILES string of the molecule is O=C(NN[C@@H](Cc1ccccc1)C(=O)O)c1ccc(F)cc1. The average molecular weight is 302 g/mol. The van der Waals surface area contributed by atoms with E-state index in [1.165, 1.54) is 12.1 Å². The number of carboxylic acid groups (broad SMARTS) is 1. The number of hydrazine groups is 1. The number of benzene rings is 2. The fourth-order valence-corrected chi connectivity index (χ4v) is 1.88. The van der Waals surface area contributed by atoms with E-state index in [4.69, 9.17) is 0 Å². The summed E-state index contributed by atoms with van der Waals surface area (Å²) in [5, 5.41) is 9.19. The molecule has 0 heterocycles. The van der Waals surface area contributed by atoms with Crippen LogP contribution < -0.4 is 10.9 Å². The number of nitrogens with one attached hydrogen (secondary N) is 2. The van der Waals surface area contributed by atoms with Crippen LogP contribution in [-0.4, -0.2) is 23.0 Å². The quantitative estimate of drug-likeness (QED) is 0.710. The van der Waals surface area contributed by atoms with E-state index in [0.29, 0.717) is 0 Å². The maximum atomic E-state index is 12.8. The third kappa shape index (κ3) is 4.39. The number of amides is 1. The van der Waals surface area contributed by atoms with Gasteiger partial charge in [0.2, 0.25) is 0 Å². The topological polar surface area (TPSA) is 78.4 Å². The molecule has 0 aromatic heterocycles. The molecule has 0 radical (unpaired) electrons. The summed E-state index contributed by atoms with van der Waals surface area (Å²) in [7, 11) is 0. The average Bonchev–Trinajstić information content (AvgIpc) is 2.52. The van der Waals surface area contributed by atoms with Gasteiger partial charge in [0.25, 0.3) is 5.91 Å². The summed E-state index contributed by atoms with van der Waals surface area (Å²) in [5.74, 6) is -2.06. The Morgan fingerprint density at radius 2 is 1.68 bits per heavy atom. The van der Waals surface area contributed by atoms with Crippen LogP contribution >= 0.6 is 0 Å². The Morgan fingerprint density at radius 3 is 2.27 bits per heavy atom. The number of halogens is 1. The molecule has 0 aliphatic rings. The lowest BCUT2D eigenvalue weighted by Gasteiger charge is -2.15. The molecule has 1 amide bonds. The van der Waals surface area contributed by atoms with Gasteiger partial charge in [-0.15, -0.1) is 0 Å². The van der Waals surface area contributed by atoms with Crippen LogP contribution in [0.25, 0.3) is 0 Å². The number of hydrogen-bond donors (Lipinski definition) is 3. The highest BCUT2D eigenvalue weighted by Gasteiger charge is 2.18. The molecule has 0 spiro atoms. The van der Waals surface area contributed by atoms with E-state index in [1.807, 2.05) is 18.2 Å². The number of hydrogen-bond acceptors (Lipinski definition) is 3. The van der Waals surface area contributed by atoms with Gasteiger partial charge in [-0.05, 0) is 29.8 Å². The molecule has 2 rings (SSSR count). The Labute approximate surface area is 126 Å². The van der Waals surface area contributed by atoms with Crippen molar-refractivity contribution in [2.24, 2.45) is 0 Å². The minimum absolute atomic E-state index is 0.222. The first-order valence-corrected chi connectivity index (χ1v) is 6.64. The van der Waals surface area contributed by atoms with Crippen molar-refractivity contribution >= 4 is 11.9 Å². The number of rotatable bonds is 6. The number of aliphatic carboxylic acids is 1. The molecule has 0 saturated heterocycles. The minimum Gasteiger partial charge on any atom is -0.480 e. The summed E-state index contributed by atoms with van der Waals surface area (Å²) in [5.41, 5.74) is 5.88. The highest BCUT2D eigenvalue weighted by atomic mass is 19.1. The zero-order valence-corrected chi connectivity index (χ0v) is 11.6. The molecular formula is C16H15FN2O3. The van der Waals surface area contributed by atoms with Gasteiger partial charge in [-0.2, -0.15) is 0 Å². The summed E-state index contributed by atoms with van der Waals surface area (Å²) >= 11 is 0. The molecule has 2 aromatic carbocycles. The standard InChI is InChI=1S/C16H15FN2O3/c17-13-8-6-12(7-9-13)15(20)19-18-14(16(21)22)10-11-4-2-1-3-5-11/h1-9,14,18H,10H2,(H,19,20)(H,21,22)/t14-/m0/s1. The van der Waals surface area contributed by atoms with Gasteiger partial charge in [-0.3, -0.25) is 15.0 Å². The number of carboxylic acids is 1. The van der Waals surface area contributed by atoms with Crippen LogP contribution in [0.4, 0.5) is 4.39 Å². The van der Waals surface area contributed by atoms with Crippen molar-refractivity contribution < 1.29 is 19.1 Å². The third-order valence-corrected chi connectivity index (χ3v) is 3.05. The van der Waals surface area contributed by atoms with Gasteiger partial charge in [0, 0.05) is 12.0 Å². The Morgan fingerprint density at radius 1 is 1.05 bits per heavy atom. The molecule has 6 heteroatoms. The second-order valence-corrected chi connectivity index (χ2v) is 4.69. The zero-order chi connectivity index (χ0) is 15.9. The molecule has 0 fully saturated rings. The van der Waals surface area contributed by atoms with Gasteiger partial charge in [-0.25, -0.2) is 9.82 Å². The molecule has 0 aliphatic heterocycles. The fraction of sp³-hybridized carbons (Fsp3) is 0.125. The van der Waals surface area contributed by atoms with Crippen molar-refractivity contribution in [2.45, 2.75) is 12.5 Å². The van der Waals surface area contributed by atoms with Crippen molar-refractivity contribution in [1.82, 2.24) is 10.9 Å². The van der Waals surface area contributed by atoms with Crippen LogP contribution in [0, 0.1) is 5.82 Å². The maximum absolute atomic E-state index is 12.8. The summed E-state index contributed by atoms with van der Waals surface area (Å²) in [6.07, 6.45) is 0.222. The van der Waals surface area contributed by atoms with E-state index in [1.54, 1.807) is 12.1 Å². The van der Waals surface area contributed by atoms with Crippen molar-refractivity contribution in [3.8, 4) is 0 Å². The Kier molecular flexibility index (Phi) is 5.21. The van der Waals surface area contributed by atoms with Crippen LogP contribution in [0.3, 0.4) is 0 Å². The second kappa shape index (κ2) is 7.33. The van der Waals surface area contributed by atoms with E-state index < -0.39 is 23.7 Å². The van der Waals surface area contributed by atoms with E-state index >= 15 is 0 Å². The molecule has 0 saturated carbocycles. The lowest BCUT2D eigenvalue weighted by atomic mass is 10.1. The van der Waals surface area contributed by atoms with E-state index in [2.05, 4.69) is 10.9 Å². The van der Waals surface area contributed by atoms with Gasteiger partial charge in [0.1, 0.15) is 11.9 Å². The lowest BCUT2D eigenvalue weighted by Crippen LogP contribution is -2.49. The summed E-state index contributed by atoms with van der Waals surface area (Å²) < 4.78 is 12.8. The monoisotopic (exact) mass is 302 g/mol. The molecule has 0 bridgehead atoms. The molecule has 5 nitrogen and oxygen atoms in total. The fourth-order valence-electron chi connectivity index (χ4n) is 1.88. The molecule has 0 unspecified atom stereocenters. The number of carbonyl (C=O) groups is 2. The maximum Gasteiger partial charge on any atom is 0.322 e. The normalized spacial score (nSPS) is 11.7. The van der Waals surface area contributed by atoms with Crippen molar-refractivity contribution in [3.63, 3.8) is 0 Å². The Hall–Kier alpha value is -2.73. The second-order valence-electron chi connectivity index (χ2n) is 4.69. The lowest BCUT2D eigenvalue weighted by molar-refractivity contribution is -0.139. The largest absolute Gasteiger partial charge is 0.480 e. The van der Waals surface area contributed by atoms with Gasteiger partial charge < -0.3 is 5.11 Å². The molecule has 0 aliphatic carbocycles. The molecule has 22 heavy (non-hydrogen) atoms. The predicted octanol–water partition coefficient (Wildman–Crippen LogP) is 1.76. The van der Waals surface area contributed by atoms with Crippen molar-refractivity contribution in [1.29, 1.82) is 0 Å². The molecule has 114 valence electrons. The Bertz CT molecular complexity index is 644. The highest BCUT2D eigenvalue weighted by molar-refractivity contribution is 5.94. The first-order valence-electron chi connectivity index (χ1n) is 6.64. The first-order chi connectivity index (χ1) is 10.6. The van der Waals surface area contributed by atoms with Gasteiger partial charge in [0.05, 0.1) is 0 Å². The number of carbonyl (C=O) groups excluding carboxylic acids is 1. The van der Waals surface area contributed by atoms with Crippen molar-refractivity contribution in [3.05, 3.63) is 71.5 Å². The smallest absolute Gasteiger partial charge is 0.322 e. The third-order valence-electron chi connectivity index (χ3n) is 3.05. The summed E-state index contributed by atoms with van der Waals surface area (Å²) in [4.78, 5) is 23.1. The zero-order valence-electron chi connectivity index (χ0n) is 11.6. The van der Waals surface area contributed by atoms with Crippen LogP contribution in [0.5, 0.6) is 0 Å². The predicted molar refractivity (Wildman–Crippen MR) is 78.6 cm³/mol. The molecular weight excluding hydrogens is 287 g/mol. The molecule has 1 atom stereocenters. The van der Waals surface area contributed by atoms with E-state index in [9.17, 15) is 19.1 Å². The van der Waals surface area contributed by atoms with Crippen molar-refractivity contribution in [2.75, 3.05) is 0 Å². The first kappa shape index (κ1) is 15.7. The molecule has 2 aromatic rings. The van der Waals surface area contributed by atoms with Gasteiger partial charge in [0.15, 0.2) is 0 Å². The van der Waals surface area contributed by atoms with Gasteiger partial charge in [-0.1, -0.05) is 30.3 Å². The highest BCUT2D eigenvalue weighted by Crippen LogP contribution is 2.04. The van der Waals surface area contributed by atoms with Crippen LogP contribution in [0.2, 0.25) is 0 Å².